The summed E-state index contributed by atoms with van der Waals surface area (Å²) in [5, 5.41) is 9.56. The second-order valence-corrected chi connectivity index (χ2v) is 3.42. The summed E-state index contributed by atoms with van der Waals surface area (Å²) in [5.41, 5.74) is 2.85. The summed E-state index contributed by atoms with van der Waals surface area (Å²) in [6.45, 7) is 5.68. The Balaban J connectivity index is 3.22. The van der Waals surface area contributed by atoms with Crippen LogP contribution in [-0.4, -0.2) is 11.4 Å². The third kappa shape index (κ3) is 1.89. The van der Waals surface area contributed by atoms with E-state index in [0.29, 0.717) is 5.56 Å². The van der Waals surface area contributed by atoms with Gasteiger partial charge in [0.15, 0.2) is 0 Å². The molecule has 1 atom stereocenters. The molecule has 0 saturated carbocycles. The minimum atomic E-state index is -0.237. The maximum Gasteiger partial charge on any atom is 0.127 e. The maximum atomic E-state index is 10.5. The Bertz CT molecular complexity index is 329. The molecule has 1 rings (SSSR count). The summed E-state index contributed by atoms with van der Waals surface area (Å²) in [7, 11) is 0. The second-order valence-electron chi connectivity index (χ2n) is 3.42. The van der Waals surface area contributed by atoms with E-state index in [1.54, 1.807) is 13.0 Å². The van der Waals surface area contributed by atoms with Gasteiger partial charge >= 0.3 is 0 Å². The molecule has 0 aliphatic carbocycles. The fourth-order valence-electron chi connectivity index (χ4n) is 1.26. The van der Waals surface area contributed by atoms with Crippen LogP contribution >= 0.6 is 0 Å². The lowest BCUT2D eigenvalue weighted by Gasteiger charge is -2.10. The number of carbonyl (C=O) groups excluding carboxylic acids is 1. The fourth-order valence-corrected chi connectivity index (χ4v) is 1.26. The molecule has 0 radical (unpaired) electrons. The standard InChI is InChI=1S/C11H14O2/c1-7-4-10(9(3)6-12)11(13)5-8(7)2/h4-6,9,13H,1-3H3. The van der Waals surface area contributed by atoms with Gasteiger partial charge in [0.1, 0.15) is 12.0 Å². The van der Waals surface area contributed by atoms with E-state index in [-0.39, 0.29) is 11.7 Å². The minimum absolute atomic E-state index is 0.211. The number of rotatable bonds is 2. The van der Waals surface area contributed by atoms with Gasteiger partial charge in [0.05, 0.1) is 0 Å². The SMILES string of the molecule is Cc1cc(O)c(C(C)C=O)cc1C. The largest absolute Gasteiger partial charge is 0.508 e. The summed E-state index contributed by atoms with van der Waals surface area (Å²) in [6.07, 6.45) is 0.837. The average Bonchev–Trinajstić information content (AvgIpc) is 2.10. The fraction of sp³-hybridized carbons (Fsp3) is 0.364. The first-order valence-electron chi connectivity index (χ1n) is 4.31. The molecule has 0 aromatic heterocycles. The molecule has 2 nitrogen and oxygen atoms in total. The van der Waals surface area contributed by atoms with Crippen LogP contribution in [0.1, 0.15) is 29.5 Å². The molecule has 2 heteroatoms. The summed E-state index contributed by atoms with van der Waals surface area (Å²) in [6, 6.07) is 3.56. The van der Waals surface area contributed by atoms with Crippen molar-refractivity contribution in [2.24, 2.45) is 0 Å². The number of aldehydes is 1. The highest BCUT2D eigenvalue weighted by Crippen LogP contribution is 2.27. The zero-order valence-corrected chi connectivity index (χ0v) is 8.16. The van der Waals surface area contributed by atoms with Crippen molar-refractivity contribution in [1.82, 2.24) is 0 Å². The van der Waals surface area contributed by atoms with Gasteiger partial charge in [0.2, 0.25) is 0 Å². The van der Waals surface area contributed by atoms with Crippen molar-refractivity contribution in [2.75, 3.05) is 0 Å². The number of phenols is 1. The van der Waals surface area contributed by atoms with Gasteiger partial charge in [-0.05, 0) is 31.0 Å². The van der Waals surface area contributed by atoms with Gasteiger partial charge in [-0.25, -0.2) is 0 Å². The van der Waals surface area contributed by atoms with Crippen molar-refractivity contribution in [3.63, 3.8) is 0 Å². The van der Waals surface area contributed by atoms with Crippen LogP contribution in [0.4, 0.5) is 0 Å². The maximum absolute atomic E-state index is 10.5. The molecular formula is C11H14O2. The van der Waals surface area contributed by atoms with Crippen LogP contribution in [0.15, 0.2) is 12.1 Å². The van der Waals surface area contributed by atoms with Crippen molar-refractivity contribution in [2.45, 2.75) is 26.7 Å². The minimum Gasteiger partial charge on any atom is -0.508 e. The summed E-state index contributed by atoms with van der Waals surface area (Å²) < 4.78 is 0. The van der Waals surface area contributed by atoms with E-state index in [1.807, 2.05) is 19.9 Å². The first kappa shape index (κ1) is 9.78. The zero-order chi connectivity index (χ0) is 10.0. The molecule has 1 aromatic carbocycles. The lowest BCUT2D eigenvalue weighted by molar-refractivity contribution is -0.108. The van der Waals surface area contributed by atoms with Gasteiger partial charge in [-0.1, -0.05) is 13.0 Å². The normalized spacial score (nSPS) is 12.5. The van der Waals surface area contributed by atoms with Gasteiger partial charge < -0.3 is 9.90 Å². The van der Waals surface area contributed by atoms with E-state index in [1.165, 1.54) is 0 Å². The molecule has 0 bridgehead atoms. The predicted octanol–water partition coefficient (Wildman–Crippen LogP) is 2.31. The molecule has 0 saturated heterocycles. The number of phenolic OH excluding ortho intramolecular Hbond substituents is 1. The number of hydrogen-bond donors (Lipinski definition) is 1. The zero-order valence-electron chi connectivity index (χ0n) is 8.16. The Morgan fingerprint density at radius 2 is 1.85 bits per heavy atom. The van der Waals surface area contributed by atoms with E-state index >= 15 is 0 Å². The van der Waals surface area contributed by atoms with Gasteiger partial charge in [0.25, 0.3) is 0 Å². The molecule has 0 aliphatic heterocycles. The van der Waals surface area contributed by atoms with E-state index in [4.69, 9.17) is 0 Å². The third-order valence-electron chi connectivity index (χ3n) is 2.34. The van der Waals surface area contributed by atoms with Gasteiger partial charge in [-0.3, -0.25) is 0 Å². The molecule has 13 heavy (non-hydrogen) atoms. The Hall–Kier alpha value is -1.31. The van der Waals surface area contributed by atoms with Gasteiger partial charge in [-0.2, -0.15) is 0 Å². The van der Waals surface area contributed by atoms with Crippen molar-refractivity contribution in [3.05, 3.63) is 28.8 Å². The van der Waals surface area contributed by atoms with Gasteiger partial charge in [-0.15, -0.1) is 0 Å². The summed E-state index contributed by atoms with van der Waals surface area (Å²) >= 11 is 0. The number of carbonyl (C=O) groups is 1. The molecule has 1 N–H and O–H groups in total. The highest BCUT2D eigenvalue weighted by Gasteiger charge is 2.10. The molecule has 1 aromatic rings. The highest BCUT2D eigenvalue weighted by atomic mass is 16.3. The first-order chi connectivity index (χ1) is 6.06. The molecule has 0 fully saturated rings. The van der Waals surface area contributed by atoms with Crippen LogP contribution in [0.3, 0.4) is 0 Å². The van der Waals surface area contributed by atoms with Crippen LogP contribution in [0.25, 0.3) is 0 Å². The third-order valence-corrected chi connectivity index (χ3v) is 2.34. The molecule has 0 aliphatic rings. The van der Waals surface area contributed by atoms with Gasteiger partial charge in [0, 0.05) is 11.5 Å². The molecule has 1 unspecified atom stereocenters. The molecular weight excluding hydrogens is 164 g/mol. The van der Waals surface area contributed by atoms with E-state index in [9.17, 15) is 9.90 Å². The number of benzene rings is 1. The summed E-state index contributed by atoms with van der Waals surface area (Å²) in [4.78, 5) is 10.5. The van der Waals surface area contributed by atoms with Crippen molar-refractivity contribution in [3.8, 4) is 5.75 Å². The Kier molecular flexibility index (Phi) is 2.71. The lowest BCUT2D eigenvalue weighted by atomic mass is 9.97. The van der Waals surface area contributed by atoms with Crippen LogP contribution in [0.2, 0.25) is 0 Å². The topological polar surface area (TPSA) is 37.3 Å². The van der Waals surface area contributed by atoms with Crippen LogP contribution in [-0.2, 0) is 4.79 Å². The molecule has 0 spiro atoms. The number of hydrogen-bond acceptors (Lipinski definition) is 2. The van der Waals surface area contributed by atoms with Crippen molar-refractivity contribution in [1.29, 1.82) is 0 Å². The molecule has 0 amide bonds. The predicted molar refractivity (Wildman–Crippen MR) is 52.1 cm³/mol. The Labute approximate surface area is 78.2 Å². The molecule has 70 valence electrons. The Morgan fingerprint density at radius 3 is 2.38 bits per heavy atom. The smallest absolute Gasteiger partial charge is 0.127 e. The van der Waals surface area contributed by atoms with E-state index < -0.39 is 0 Å². The van der Waals surface area contributed by atoms with Crippen molar-refractivity contribution < 1.29 is 9.90 Å². The van der Waals surface area contributed by atoms with Crippen LogP contribution in [0.5, 0.6) is 5.75 Å². The van der Waals surface area contributed by atoms with E-state index in [0.717, 1.165) is 17.4 Å². The van der Waals surface area contributed by atoms with Crippen molar-refractivity contribution >= 4 is 6.29 Å². The monoisotopic (exact) mass is 178 g/mol. The van der Waals surface area contributed by atoms with E-state index in [2.05, 4.69) is 0 Å². The number of aromatic hydroxyl groups is 1. The number of aryl methyl sites for hydroxylation is 2. The quantitative estimate of drug-likeness (QED) is 0.705. The lowest BCUT2D eigenvalue weighted by Crippen LogP contribution is -1.96. The Morgan fingerprint density at radius 1 is 1.31 bits per heavy atom. The first-order valence-corrected chi connectivity index (χ1v) is 4.31. The van der Waals surface area contributed by atoms with Crippen LogP contribution < -0.4 is 0 Å². The average molecular weight is 178 g/mol. The van der Waals surface area contributed by atoms with Crippen LogP contribution in [0, 0.1) is 13.8 Å². The summed E-state index contributed by atoms with van der Waals surface area (Å²) in [5.74, 6) is -0.0259. The molecule has 0 heterocycles. The highest BCUT2D eigenvalue weighted by molar-refractivity contribution is 5.64. The second kappa shape index (κ2) is 3.60.